The molecule has 0 radical (unpaired) electrons. The minimum Gasteiger partial charge on any atom is -0.462 e. The smallest absolute Gasteiger partial charge is 0.306 e. The first-order valence-corrected chi connectivity index (χ1v) is 19.7. The fourth-order valence-corrected chi connectivity index (χ4v) is 5.53. The van der Waals surface area contributed by atoms with E-state index in [4.69, 9.17) is 14.4 Å². The van der Waals surface area contributed by atoms with Gasteiger partial charge < -0.3 is 19.3 Å². The van der Waals surface area contributed by atoms with Gasteiger partial charge in [-0.3, -0.25) is 4.79 Å². The van der Waals surface area contributed by atoms with Crippen molar-refractivity contribution in [1.82, 2.24) is 4.90 Å². The molecule has 0 aliphatic heterocycles. The van der Waals surface area contributed by atoms with Crippen LogP contribution in [0.5, 0.6) is 0 Å². The zero-order valence-electron chi connectivity index (χ0n) is 31.1. The second-order valence-corrected chi connectivity index (χ2v) is 13.5. The van der Waals surface area contributed by atoms with E-state index in [2.05, 4.69) is 29.1 Å². The summed E-state index contributed by atoms with van der Waals surface area (Å²) in [6.45, 7) is 6.90. The summed E-state index contributed by atoms with van der Waals surface area (Å²) >= 11 is 0. The Morgan fingerprint density at radius 3 is 1.43 bits per heavy atom. The normalized spacial score (nSPS) is 11.9. The Bertz CT molecular complexity index is 630. The predicted molar refractivity (Wildman–Crippen MR) is 198 cm³/mol. The lowest BCUT2D eigenvalue weighted by Crippen LogP contribution is -2.20. The van der Waals surface area contributed by atoms with Crippen LogP contribution in [0.1, 0.15) is 194 Å². The second kappa shape index (κ2) is 37.8. The molecule has 7 heteroatoms. The third-order valence-corrected chi connectivity index (χ3v) is 8.48. The Labute approximate surface area is 286 Å². The molecular weight excluding hydrogens is 574 g/mol. The Balaban J connectivity index is 3.95. The molecule has 7 nitrogen and oxygen atoms in total. The number of nitrogens with zero attached hydrogens (tertiary/aromatic N) is 3. The van der Waals surface area contributed by atoms with E-state index in [1.807, 2.05) is 26.5 Å². The maximum atomic E-state index is 12.5. The van der Waals surface area contributed by atoms with E-state index in [1.165, 1.54) is 116 Å². The SMILES string of the molecule is CCCCCCCO/N=C\CCCCCCCCC(CCCCCCCC/C=N\OCCCCCCC)OC(=O)CCCN(C)C. The number of carbonyl (C=O) groups excluding carboxylic acids is 1. The van der Waals surface area contributed by atoms with Gasteiger partial charge in [0, 0.05) is 18.9 Å². The first kappa shape index (κ1) is 44.4. The van der Waals surface area contributed by atoms with Crippen LogP contribution in [-0.2, 0) is 19.2 Å². The minimum absolute atomic E-state index is 0.0175. The van der Waals surface area contributed by atoms with Gasteiger partial charge >= 0.3 is 5.97 Å². The fourth-order valence-electron chi connectivity index (χ4n) is 5.53. The highest BCUT2D eigenvalue weighted by atomic mass is 16.6. The molecule has 0 heterocycles. The minimum atomic E-state index is -0.0175. The molecule has 0 atom stereocenters. The summed E-state index contributed by atoms with van der Waals surface area (Å²) in [6.07, 6.45) is 36.5. The van der Waals surface area contributed by atoms with Crippen molar-refractivity contribution in [3.05, 3.63) is 0 Å². The molecule has 272 valence electrons. The Morgan fingerprint density at radius 2 is 0.978 bits per heavy atom. The maximum Gasteiger partial charge on any atom is 0.306 e. The molecule has 46 heavy (non-hydrogen) atoms. The first-order chi connectivity index (χ1) is 22.6. The molecule has 0 saturated heterocycles. The number of hydrogen-bond donors (Lipinski definition) is 0. The number of esters is 1. The zero-order valence-corrected chi connectivity index (χ0v) is 31.1. The standard InChI is InChI=1S/C39H77N3O4/c1-5-7-9-21-27-36-44-40-33-25-19-15-11-13-17-23-30-38(46-39(43)32-29-35-42(3)4)31-24-18-14-12-16-20-26-34-41-45-37-28-22-10-8-6-2/h33-34,38H,5-32,35-37H2,1-4H3/b40-33-,41-34-. The Morgan fingerprint density at radius 1 is 0.565 bits per heavy atom. The molecule has 0 N–H and O–H groups in total. The lowest BCUT2D eigenvalue weighted by Gasteiger charge is -2.18. The van der Waals surface area contributed by atoms with Crippen molar-refractivity contribution in [1.29, 1.82) is 0 Å². The average Bonchev–Trinajstić information content (AvgIpc) is 3.04. The topological polar surface area (TPSA) is 72.7 Å². The molecule has 0 rings (SSSR count). The van der Waals surface area contributed by atoms with E-state index in [9.17, 15) is 4.79 Å². The van der Waals surface area contributed by atoms with Crippen LogP contribution >= 0.6 is 0 Å². The predicted octanol–water partition coefficient (Wildman–Crippen LogP) is 11.4. The number of oxime groups is 2. The monoisotopic (exact) mass is 652 g/mol. The number of ether oxygens (including phenoxy) is 1. The lowest BCUT2D eigenvalue weighted by molar-refractivity contribution is -0.150. The van der Waals surface area contributed by atoms with Crippen molar-refractivity contribution in [2.75, 3.05) is 33.9 Å². The molecule has 0 aromatic rings. The Kier molecular flexibility index (Phi) is 36.5. The zero-order chi connectivity index (χ0) is 33.6. The van der Waals surface area contributed by atoms with Gasteiger partial charge in [-0.05, 0) is 104 Å². The van der Waals surface area contributed by atoms with Crippen molar-refractivity contribution in [2.45, 2.75) is 200 Å². The number of rotatable bonds is 37. The molecule has 0 unspecified atom stereocenters. The van der Waals surface area contributed by atoms with Gasteiger partial charge in [-0.25, -0.2) is 0 Å². The number of unbranched alkanes of at least 4 members (excludes halogenated alkanes) is 20. The van der Waals surface area contributed by atoms with E-state index in [-0.39, 0.29) is 12.1 Å². The molecule has 0 fully saturated rings. The van der Waals surface area contributed by atoms with Crippen molar-refractivity contribution >= 4 is 18.4 Å². The van der Waals surface area contributed by atoms with Gasteiger partial charge in [0.15, 0.2) is 0 Å². The molecule has 0 saturated carbocycles. The van der Waals surface area contributed by atoms with Gasteiger partial charge in [0.1, 0.15) is 19.3 Å². The third kappa shape index (κ3) is 36.8. The van der Waals surface area contributed by atoms with E-state index in [0.29, 0.717) is 6.42 Å². The molecular formula is C39H77N3O4. The molecule has 0 aliphatic rings. The molecule has 0 aromatic carbocycles. The highest BCUT2D eigenvalue weighted by molar-refractivity contribution is 5.69. The average molecular weight is 652 g/mol. The van der Waals surface area contributed by atoms with Crippen LogP contribution in [0, 0.1) is 0 Å². The number of hydrogen-bond acceptors (Lipinski definition) is 7. The van der Waals surface area contributed by atoms with Crippen molar-refractivity contribution in [3.8, 4) is 0 Å². The highest BCUT2D eigenvalue weighted by Gasteiger charge is 2.14. The Hall–Kier alpha value is -1.63. The van der Waals surface area contributed by atoms with Gasteiger partial charge in [-0.1, -0.05) is 114 Å². The largest absolute Gasteiger partial charge is 0.462 e. The summed E-state index contributed by atoms with van der Waals surface area (Å²) in [6, 6.07) is 0. The molecule has 0 aliphatic carbocycles. The molecule has 0 aromatic heterocycles. The fraction of sp³-hybridized carbons (Fsp3) is 0.923. The van der Waals surface area contributed by atoms with Crippen LogP contribution in [0.3, 0.4) is 0 Å². The highest BCUT2D eigenvalue weighted by Crippen LogP contribution is 2.18. The summed E-state index contributed by atoms with van der Waals surface area (Å²) in [7, 11) is 4.10. The van der Waals surface area contributed by atoms with Crippen molar-refractivity contribution in [2.24, 2.45) is 10.3 Å². The molecule has 0 bridgehead atoms. The van der Waals surface area contributed by atoms with Crippen LogP contribution in [0.4, 0.5) is 0 Å². The summed E-state index contributed by atoms with van der Waals surface area (Å²) in [4.78, 5) is 25.4. The van der Waals surface area contributed by atoms with Gasteiger partial charge in [0.05, 0.1) is 0 Å². The van der Waals surface area contributed by atoms with Gasteiger partial charge in [0.2, 0.25) is 0 Å². The van der Waals surface area contributed by atoms with E-state index in [0.717, 1.165) is 77.5 Å². The van der Waals surface area contributed by atoms with Crippen LogP contribution in [0.25, 0.3) is 0 Å². The van der Waals surface area contributed by atoms with Crippen LogP contribution in [-0.4, -0.2) is 63.3 Å². The van der Waals surface area contributed by atoms with Crippen molar-refractivity contribution < 1.29 is 19.2 Å². The summed E-state index contributed by atoms with van der Waals surface area (Å²) in [5, 5.41) is 8.20. The van der Waals surface area contributed by atoms with Gasteiger partial charge in [0.25, 0.3) is 0 Å². The second-order valence-electron chi connectivity index (χ2n) is 13.5. The summed E-state index contributed by atoms with van der Waals surface area (Å²) in [5.74, 6) is -0.0175. The lowest BCUT2D eigenvalue weighted by atomic mass is 10.0. The summed E-state index contributed by atoms with van der Waals surface area (Å²) < 4.78 is 5.97. The van der Waals surface area contributed by atoms with Crippen LogP contribution in [0.2, 0.25) is 0 Å². The first-order valence-electron chi connectivity index (χ1n) is 19.7. The van der Waals surface area contributed by atoms with Gasteiger partial charge in [-0.15, -0.1) is 0 Å². The van der Waals surface area contributed by atoms with E-state index < -0.39 is 0 Å². The summed E-state index contributed by atoms with van der Waals surface area (Å²) in [5.41, 5.74) is 0. The molecule has 0 spiro atoms. The quantitative estimate of drug-likeness (QED) is 0.0289. The number of carbonyl (C=O) groups is 1. The third-order valence-electron chi connectivity index (χ3n) is 8.48. The van der Waals surface area contributed by atoms with Crippen LogP contribution in [0.15, 0.2) is 10.3 Å². The molecule has 0 amide bonds. The van der Waals surface area contributed by atoms with E-state index >= 15 is 0 Å². The van der Waals surface area contributed by atoms with Crippen molar-refractivity contribution in [3.63, 3.8) is 0 Å². The van der Waals surface area contributed by atoms with Crippen LogP contribution < -0.4 is 0 Å². The maximum absolute atomic E-state index is 12.5. The van der Waals surface area contributed by atoms with E-state index in [1.54, 1.807) is 0 Å². The van der Waals surface area contributed by atoms with Gasteiger partial charge in [-0.2, -0.15) is 0 Å².